The summed E-state index contributed by atoms with van der Waals surface area (Å²) in [6, 6.07) is 27.0. The number of benzene rings is 4. The van der Waals surface area contributed by atoms with E-state index in [0.29, 0.717) is 28.0 Å². The van der Waals surface area contributed by atoms with Crippen molar-refractivity contribution in [1.29, 1.82) is 0 Å². The summed E-state index contributed by atoms with van der Waals surface area (Å²) in [4.78, 5) is 25.5. The van der Waals surface area contributed by atoms with Crippen LogP contribution in [-0.2, 0) is 6.42 Å². The molecule has 0 spiro atoms. The van der Waals surface area contributed by atoms with Crippen LogP contribution in [0.3, 0.4) is 0 Å². The van der Waals surface area contributed by atoms with Gasteiger partial charge in [-0.2, -0.15) is 0 Å². The number of fused-ring (bicyclic) bond motifs is 1. The molecule has 0 aliphatic rings. The van der Waals surface area contributed by atoms with E-state index in [1.54, 1.807) is 60.7 Å². The quantitative estimate of drug-likeness (QED) is 0.247. The Morgan fingerprint density at radius 1 is 0.656 bits per heavy atom. The van der Waals surface area contributed by atoms with Crippen molar-refractivity contribution < 1.29 is 19.1 Å². The standard InChI is InChI=1S/C28H24O4/c1-2-3-11-20-18-19-25(32-28(30)22-14-8-5-9-15-22)26-23(20)16-10-17-24(26)31-27(29)21-12-6-4-7-13-21/h4-10,12-19H,2-3,11H2,1H3. The Balaban J connectivity index is 1.77. The molecule has 0 N–H and O–H groups in total. The van der Waals surface area contributed by atoms with Gasteiger partial charge in [-0.3, -0.25) is 0 Å². The zero-order valence-corrected chi connectivity index (χ0v) is 17.9. The Bertz CT molecular complexity index is 1170. The monoisotopic (exact) mass is 424 g/mol. The van der Waals surface area contributed by atoms with Crippen LogP contribution in [0, 0.1) is 0 Å². The number of unbranched alkanes of at least 4 members (excludes halogenated alkanes) is 1. The molecule has 0 heterocycles. The van der Waals surface area contributed by atoms with E-state index in [-0.39, 0.29) is 0 Å². The van der Waals surface area contributed by atoms with E-state index in [1.165, 1.54) is 0 Å². The van der Waals surface area contributed by atoms with Gasteiger partial charge in [0.05, 0.1) is 16.5 Å². The molecule has 0 unspecified atom stereocenters. The van der Waals surface area contributed by atoms with Crippen molar-refractivity contribution in [2.45, 2.75) is 26.2 Å². The number of hydrogen-bond donors (Lipinski definition) is 0. The van der Waals surface area contributed by atoms with E-state index in [2.05, 4.69) is 6.92 Å². The highest BCUT2D eigenvalue weighted by molar-refractivity contribution is 6.01. The summed E-state index contributed by atoms with van der Waals surface area (Å²) >= 11 is 0. The van der Waals surface area contributed by atoms with Gasteiger partial charge < -0.3 is 9.47 Å². The minimum atomic E-state index is -0.461. The van der Waals surface area contributed by atoms with Crippen LogP contribution in [0.1, 0.15) is 46.0 Å². The number of carbonyl (C=O) groups is 2. The average molecular weight is 424 g/mol. The molecule has 0 amide bonds. The summed E-state index contributed by atoms with van der Waals surface area (Å²) < 4.78 is 11.5. The van der Waals surface area contributed by atoms with E-state index in [4.69, 9.17) is 9.47 Å². The van der Waals surface area contributed by atoms with Crippen LogP contribution in [0.15, 0.2) is 91.0 Å². The Morgan fingerprint density at radius 2 is 1.22 bits per heavy atom. The maximum Gasteiger partial charge on any atom is 0.343 e. The molecule has 0 aromatic heterocycles. The van der Waals surface area contributed by atoms with Crippen molar-refractivity contribution in [3.05, 3.63) is 108 Å². The third kappa shape index (κ3) is 4.70. The lowest BCUT2D eigenvalue weighted by Gasteiger charge is -2.15. The van der Waals surface area contributed by atoms with E-state index < -0.39 is 11.9 Å². The van der Waals surface area contributed by atoms with Crippen LogP contribution in [0.5, 0.6) is 11.5 Å². The molecule has 32 heavy (non-hydrogen) atoms. The molecule has 0 atom stereocenters. The van der Waals surface area contributed by atoms with E-state index in [0.717, 1.165) is 30.2 Å². The summed E-state index contributed by atoms with van der Waals surface area (Å²) in [5.74, 6) is -0.189. The second-order valence-electron chi connectivity index (χ2n) is 7.52. The Morgan fingerprint density at radius 3 is 1.78 bits per heavy atom. The average Bonchev–Trinajstić information content (AvgIpc) is 2.84. The van der Waals surface area contributed by atoms with Crippen molar-refractivity contribution in [2.75, 3.05) is 0 Å². The van der Waals surface area contributed by atoms with Gasteiger partial charge in [-0.25, -0.2) is 9.59 Å². The molecule has 0 bridgehead atoms. The summed E-state index contributed by atoms with van der Waals surface area (Å²) in [6.45, 7) is 2.14. The fraction of sp³-hybridized carbons (Fsp3) is 0.143. The molecule has 0 saturated heterocycles. The minimum Gasteiger partial charge on any atom is -0.422 e. The van der Waals surface area contributed by atoms with Crippen LogP contribution in [0.25, 0.3) is 10.8 Å². The maximum absolute atomic E-state index is 12.7. The molecule has 0 radical (unpaired) electrons. The number of aryl methyl sites for hydroxylation is 1. The number of ether oxygens (including phenoxy) is 2. The normalized spacial score (nSPS) is 10.7. The van der Waals surface area contributed by atoms with Crippen molar-refractivity contribution >= 4 is 22.7 Å². The second-order valence-corrected chi connectivity index (χ2v) is 7.52. The fourth-order valence-corrected chi connectivity index (χ4v) is 3.62. The van der Waals surface area contributed by atoms with E-state index >= 15 is 0 Å². The fourth-order valence-electron chi connectivity index (χ4n) is 3.62. The largest absolute Gasteiger partial charge is 0.422 e. The Hall–Kier alpha value is -3.92. The molecule has 0 aliphatic carbocycles. The van der Waals surface area contributed by atoms with Gasteiger partial charge in [0, 0.05) is 0 Å². The third-order valence-electron chi connectivity index (χ3n) is 5.28. The van der Waals surface area contributed by atoms with Crippen molar-refractivity contribution in [2.24, 2.45) is 0 Å². The summed E-state index contributed by atoms with van der Waals surface area (Å²) in [6.07, 6.45) is 2.98. The highest BCUT2D eigenvalue weighted by Crippen LogP contribution is 2.37. The predicted octanol–water partition coefficient (Wildman–Crippen LogP) is 6.62. The summed E-state index contributed by atoms with van der Waals surface area (Å²) in [5, 5.41) is 1.53. The molecule has 4 nitrogen and oxygen atoms in total. The van der Waals surface area contributed by atoms with Crippen LogP contribution in [0.2, 0.25) is 0 Å². The van der Waals surface area contributed by atoms with Crippen LogP contribution < -0.4 is 9.47 Å². The van der Waals surface area contributed by atoms with Crippen LogP contribution in [0.4, 0.5) is 0 Å². The van der Waals surface area contributed by atoms with Crippen molar-refractivity contribution in [1.82, 2.24) is 0 Å². The zero-order chi connectivity index (χ0) is 22.3. The second kappa shape index (κ2) is 9.92. The van der Waals surface area contributed by atoms with Crippen LogP contribution >= 0.6 is 0 Å². The molecule has 4 aromatic rings. The number of rotatable bonds is 7. The van der Waals surface area contributed by atoms with Gasteiger partial charge in [-0.1, -0.05) is 67.9 Å². The van der Waals surface area contributed by atoms with Gasteiger partial charge in [0.2, 0.25) is 0 Å². The van der Waals surface area contributed by atoms with Gasteiger partial charge in [0.15, 0.2) is 0 Å². The van der Waals surface area contributed by atoms with Gasteiger partial charge in [0.1, 0.15) is 11.5 Å². The van der Waals surface area contributed by atoms with Gasteiger partial charge in [-0.05, 0) is 60.2 Å². The number of carbonyl (C=O) groups excluding carboxylic acids is 2. The first-order chi connectivity index (χ1) is 15.7. The number of hydrogen-bond acceptors (Lipinski definition) is 4. The molecule has 4 rings (SSSR count). The third-order valence-corrected chi connectivity index (χ3v) is 5.28. The molecule has 4 aromatic carbocycles. The highest BCUT2D eigenvalue weighted by Gasteiger charge is 2.18. The first-order valence-electron chi connectivity index (χ1n) is 10.8. The van der Waals surface area contributed by atoms with Gasteiger partial charge >= 0.3 is 11.9 Å². The predicted molar refractivity (Wildman–Crippen MR) is 125 cm³/mol. The van der Waals surface area contributed by atoms with Gasteiger partial charge in [0.25, 0.3) is 0 Å². The lowest BCUT2D eigenvalue weighted by atomic mass is 9.99. The smallest absolute Gasteiger partial charge is 0.343 e. The SMILES string of the molecule is CCCCc1ccc(OC(=O)c2ccccc2)c2c(OC(=O)c3ccccc3)cccc12. The molecular formula is C28H24O4. The first-order valence-corrected chi connectivity index (χ1v) is 10.8. The van der Waals surface area contributed by atoms with E-state index in [1.807, 2.05) is 30.3 Å². The highest BCUT2D eigenvalue weighted by atomic mass is 16.5. The molecular weight excluding hydrogens is 400 g/mol. The first kappa shape index (κ1) is 21.3. The molecule has 0 aliphatic heterocycles. The molecule has 160 valence electrons. The summed E-state index contributed by atoms with van der Waals surface area (Å²) in [5.41, 5.74) is 2.03. The Labute approximate surface area is 187 Å². The molecule has 0 saturated carbocycles. The van der Waals surface area contributed by atoms with Crippen molar-refractivity contribution in [3.8, 4) is 11.5 Å². The maximum atomic E-state index is 12.7. The Kier molecular flexibility index (Phi) is 6.61. The minimum absolute atomic E-state index is 0.366. The lowest BCUT2D eigenvalue weighted by Crippen LogP contribution is -2.11. The topological polar surface area (TPSA) is 52.6 Å². The van der Waals surface area contributed by atoms with E-state index in [9.17, 15) is 9.59 Å². The number of esters is 2. The molecule has 4 heteroatoms. The lowest BCUT2D eigenvalue weighted by molar-refractivity contribution is 0.0736. The zero-order valence-electron chi connectivity index (χ0n) is 17.9. The van der Waals surface area contributed by atoms with Crippen molar-refractivity contribution in [3.63, 3.8) is 0 Å². The van der Waals surface area contributed by atoms with Gasteiger partial charge in [-0.15, -0.1) is 0 Å². The van der Waals surface area contributed by atoms with Crippen LogP contribution in [-0.4, -0.2) is 11.9 Å². The molecule has 0 fully saturated rings. The summed E-state index contributed by atoms with van der Waals surface area (Å²) in [7, 11) is 0.